The smallest absolute Gasteiger partial charge is 0.238 e. The first kappa shape index (κ1) is 17.2. The van der Waals surface area contributed by atoms with E-state index in [1.54, 1.807) is 7.11 Å². The quantitative estimate of drug-likeness (QED) is 0.763. The third-order valence-corrected chi connectivity index (χ3v) is 3.54. The van der Waals surface area contributed by atoms with E-state index >= 15 is 0 Å². The van der Waals surface area contributed by atoms with Crippen LogP contribution >= 0.6 is 11.6 Å². The Morgan fingerprint density at radius 2 is 2.04 bits per heavy atom. The molecule has 0 atom stereocenters. The molecular weight excluding hydrogens is 319 g/mol. The summed E-state index contributed by atoms with van der Waals surface area (Å²) in [5.41, 5.74) is 1.54. The van der Waals surface area contributed by atoms with E-state index < -0.39 is 5.82 Å². The summed E-state index contributed by atoms with van der Waals surface area (Å²) in [6.07, 6.45) is 0.750. The number of ether oxygens (including phenoxy) is 1. The summed E-state index contributed by atoms with van der Waals surface area (Å²) >= 11 is 5.67. The van der Waals surface area contributed by atoms with Crippen LogP contribution in [0.5, 0.6) is 5.75 Å². The van der Waals surface area contributed by atoms with E-state index in [-0.39, 0.29) is 17.5 Å². The molecule has 0 spiro atoms. The van der Waals surface area contributed by atoms with Crippen LogP contribution in [0.3, 0.4) is 0 Å². The van der Waals surface area contributed by atoms with Gasteiger partial charge in [-0.2, -0.15) is 0 Å². The van der Waals surface area contributed by atoms with Gasteiger partial charge in [-0.05, 0) is 42.8 Å². The maximum absolute atomic E-state index is 13.0. The first-order valence-electron chi connectivity index (χ1n) is 7.17. The van der Waals surface area contributed by atoms with Gasteiger partial charge >= 0.3 is 0 Å². The van der Waals surface area contributed by atoms with E-state index in [4.69, 9.17) is 16.3 Å². The van der Waals surface area contributed by atoms with Crippen molar-refractivity contribution in [3.8, 4) is 5.75 Å². The number of benzene rings is 2. The lowest BCUT2D eigenvalue weighted by Crippen LogP contribution is -2.29. The largest absolute Gasteiger partial charge is 0.496 e. The SMILES string of the molecule is COc1ccccc1CCNCC(=O)Nc1ccc(F)c(Cl)c1. The third-order valence-electron chi connectivity index (χ3n) is 3.25. The molecule has 0 saturated heterocycles. The van der Waals surface area contributed by atoms with Crippen molar-refractivity contribution in [2.24, 2.45) is 0 Å². The molecule has 0 aliphatic rings. The first-order chi connectivity index (χ1) is 11.1. The van der Waals surface area contributed by atoms with Crippen molar-refractivity contribution in [1.82, 2.24) is 5.32 Å². The van der Waals surface area contributed by atoms with Gasteiger partial charge < -0.3 is 15.4 Å². The Hall–Kier alpha value is -2.11. The van der Waals surface area contributed by atoms with Crippen molar-refractivity contribution < 1.29 is 13.9 Å². The Kier molecular flexibility index (Phi) is 6.38. The lowest BCUT2D eigenvalue weighted by atomic mass is 10.1. The maximum Gasteiger partial charge on any atom is 0.238 e. The van der Waals surface area contributed by atoms with E-state index in [1.165, 1.54) is 18.2 Å². The second-order valence-corrected chi connectivity index (χ2v) is 5.32. The van der Waals surface area contributed by atoms with Gasteiger partial charge in [-0.1, -0.05) is 29.8 Å². The summed E-state index contributed by atoms with van der Waals surface area (Å²) in [5, 5.41) is 5.69. The van der Waals surface area contributed by atoms with E-state index in [0.29, 0.717) is 12.2 Å². The zero-order valence-corrected chi connectivity index (χ0v) is 13.5. The normalized spacial score (nSPS) is 10.4. The monoisotopic (exact) mass is 336 g/mol. The number of hydrogen-bond acceptors (Lipinski definition) is 3. The van der Waals surface area contributed by atoms with Gasteiger partial charge in [0.1, 0.15) is 11.6 Å². The summed E-state index contributed by atoms with van der Waals surface area (Å²) in [6.45, 7) is 0.794. The van der Waals surface area contributed by atoms with Crippen molar-refractivity contribution in [2.75, 3.05) is 25.5 Å². The molecule has 0 radical (unpaired) electrons. The lowest BCUT2D eigenvalue weighted by molar-refractivity contribution is -0.115. The van der Waals surface area contributed by atoms with Crippen LogP contribution < -0.4 is 15.4 Å². The number of carbonyl (C=O) groups is 1. The van der Waals surface area contributed by atoms with E-state index in [1.807, 2.05) is 24.3 Å². The fourth-order valence-corrected chi connectivity index (χ4v) is 2.29. The van der Waals surface area contributed by atoms with Crippen molar-refractivity contribution in [2.45, 2.75) is 6.42 Å². The minimum Gasteiger partial charge on any atom is -0.496 e. The van der Waals surface area contributed by atoms with Crippen LogP contribution in [0.25, 0.3) is 0 Å². The highest BCUT2D eigenvalue weighted by Crippen LogP contribution is 2.19. The van der Waals surface area contributed by atoms with Crippen molar-refractivity contribution in [3.63, 3.8) is 0 Å². The molecule has 4 nitrogen and oxygen atoms in total. The van der Waals surface area contributed by atoms with Crippen LogP contribution in [0.2, 0.25) is 5.02 Å². The van der Waals surface area contributed by atoms with E-state index in [0.717, 1.165) is 17.7 Å². The van der Waals surface area contributed by atoms with Crippen LogP contribution in [0.4, 0.5) is 10.1 Å². The predicted molar refractivity (Wildman–Crippen MR) is 89.6 cm³/mol. The summed E-state index contributed by atoms with van der Waals surface area (Å²) in [6, 6.07) is 11.8. The van der Waals surface area contributed by atoms with Gasteiger partial charge in [0.25, 0.3) is 0 Å². The number of halogens is 2. The van der Waals surface area contributed by atoms with Crippen LogP contribution in [-0.2, 0) is 11.2 Å². The molecule has 0 fully saturated rings. The highest BCUT2D eigenvalue weighted by molar-refractivity contribution is 6.31. The average molecular weight is 337 g/mol. The van der Waals surface area contributed by atoms with Crippen molar-refractivity contribution >= 4 is 23.2 Å². The molecule has 2 aromatic rings. The van der Waals surface area contributed by atoms with Crippen LogP contribution in [0.1, 0.15) is 5.56 Å². The maximum atomic E-state index is 13.0. The Morgan fingerprint density at radius 1 is 1.26 bits per heavy atom. The molecule has 0 aliphatic heterocycles. The predicted octanol–water partition coefficient (Wildman–Crippen LogP) is 3.26. The second-order valence-electron chi connectivity index (χ2n) is 4.92. The molecule has 2 aromatic carbocycles. The summed E-state index contributed by atoms with van der Waals surface area (Å²) in [5.74, 6) is 0.104. The van der Waals surface area contributed by atoms with Gasteiger partial charge in [0.15, 0.2) is 0 Å². The highest BCUT2D eigenvalue weighted by atomic mass is 35.5. The minimum absolute atomic E-state index is 0.0214. The zero-order chi connectivity index (χ0) is 16.7. The number of carbonyl (C=O) groups excluding carboxylic acids is 1. The molecule has 2 rings (SSSR count). The molecule has 0 aromatic heterocycles. The van der Waals surface area contributed by atoms with Gasteiger partial charge in [0.05, 0.1) is 18.7 Å². The van der Waals surface area contributed by atoms with Gasteiger partial charge in [0.2, 0.25) is 5.91 Å². The summed E-state index contributed by atoms with van der Waals surface area (Å²) in [7, 11) is 1.63. The third kappa shape index (κ3) is 5.23. The topological polar surface area (TPSA) is 50.4 Å². The number of anilines is 1. The molecule has 2 N–H and O–H groups in total. The van der Waals surface area contributed by atoms with Crippen LogP contribution in [0, 0.1) is 5.82 Å². The Morgan fingerprint density at radius 3 is 2.78 bits per heavy atom. The van der Waals surface area contributed by atoms with Gasteiger partial charge in [-0.25, -0.2) is 4.39 Å². The molecule has 122 valence electrons. The Labute approximate surface area is 139 Å². The molecule has 0 unspecified atom stereocenters. The lowest BCUT2D eigenvalue weighted by Gasteiger charge is -2.09. The number of para-hydroxylation sites is 1. The molecule has 0 saturated carbocycles. The van der Waals surface area contributed by atoms with Crippen LogP contribution in [-0.4, -0.2) is 26.1 Å². The molecule has 23 heavy (non-hydrogen) atoms. The van der Waals surface area contributed by atoms with E-state index in [9.17, 15) is 9.18 Å². The van der Waals surface area contributed by atoms with Crippen LogP contribution in [0.15, 0.2) is 42.5 Å². The summed E-state index contributed by atoms with van der Waals surface area (Å²) in [4.78, 5) is 11.8. The molecule has 1 amide bonds. The van der Waals surface area contributed by atoms with E-state index in [2.05, 4.69) is 10.6 Å². The Balaban J connectivity index is 1.75. The van der Waals surface area contributed by atoms with Crippen molar-refractivity contribution in [3.05, 3.63) is 58.9 Å². The molecular formula is C17H18ClFN2O2. The number of methoxy groups -OCH3 is 1. The second kappa shape index (κ2) is 8.50. The number of nitrogens with one attached hydrogen (secondary N) is 2. The zero-order valence-electron chi connectivity index (χ0n) is 12.7. The molecule has 0 bridgehead atoms. The first-order valence-corrected chi connectivity index (χ1v) is 7.55. The fourth-order valence-electron chi connectivity index (χ4n) is 2.11. The molecule has 6 heteroatoms. The molecule has 0 aliphatic carbocycles. The minimum atomic E-state index is -0.514. The average Bonchev–Trinajstić information content (AvgIpc) is 2.55. The fraction of sp³-hybridized carbons (Fsp3) is 0.235. The van der Waals surface area contributed by atoms with Gasteiger partial charge in [0, 0.05) is 5.69 Å². The van der Waals surface area contributed by atoms with Gasteiger partial charge in [-0.15, -0.1) is 0 Å². The van der Waals surface area contributed by atoms with Gasteiger partial charge in [-0.3, -0.25) is 4.79 Å². The standard InChI is InChI=1S/C17H18ClFN2O2/c1-23-16-5-3-2-4-12(16)8-9-20-11-17(22)21-13-6-7-15(19)14(18)10-13/h2-7,10,20H,8-9,11H2,1H3,(H,21,22). The number of hydrogen-bond donors (Lipinski definition) is 2. The molecule has 0 heterocycles. The van der Waals surface area contributed by atoms with Crippen molar-refractivity contribution in [1.29, 1.82) is 0 Å². The number of amides is 1. The number of rotatable bonds is 7. The highest BCUT2D eigenvalue weighted by Gasteiger charge is 2.06. The Bertz CT molecular complexity index is 679. The summed E-state index contributed by atoms with van der Waals surface area (Å²) < 4.78 is 18.3.